The highest BCUT2D eigenvalue weighted by atomic mass is 16.5. The van der Waals surface area contributed by atoms with E-state index in [1.807, 2.05) is 25.1 Å². The van der Waals surface area contributed by atoms with Crippen LogP contribution in [0.15, 0.2) is 36.4 Å². The first-order chi connectivity index (χ1) is 9.01. The molecule has 0 saturated heterocycles. The van der Waals surface area contributed by atoms with Crippen molar-refractivity contribution in [3.63, 3.8) is 0 Å². The Morgan fingerprint density at radius 3 is 2.53 bits per heavy atom. The predicted molar refractivity (Wildman–Crippen MR) is 71.8 cm³/mol. The number of carboxylic acid groups (broad SMARTS) is 1. The van der Waals surface area contributed by atoms with Crippen molar-refractivity contribution in [2.75, 3.05) is 7.11 Å². The second-order valence-electron chi connectivity index (χ2n) is 4.28. The van der Waals surface area contributed by atoms with Gasteiger partial charge in [0, 0.05) is 5.56 Å². The number of methoxy groups -OCH3 is 1. The summed E-state index contributed by atoms with van der Waals surface area (Å²) in [6.07, 6.45) is 0. The molecule has 0 atom stereocenters. The molecule has 2 rings (SSSR count). The molecule has 0 radical (unpaired) electrons. The number of aromatic hydroxyl groups is 1. The number of hydrogen-bond donors (Lipinski definition) is 2. The largest absolute Gasteiger partial charge is 0.508 e. The van der Waals surface area contributed by atoms with E-state index in [1.54, 1.807) is 7.11 Å². The van der Waals surface area contributed by atoms with Crippen LogP contribution in [0, 0.1) is 6.92 Å². The molecule has 4 heteroatoms. The van der Waals surface area contributed by atoms with Gasteiger partial charge in [-0.2, -0.15) is 0 Å². The third-order valence-electron chi connectivity index (χ3n) is 2.83. The maximum absolute atomic E-state index is 11.0. The van der Waals surface area contributed by atoms with E-state index < -0.39 is 5.97 Å². The van der Waals surface area contributed by atoms with Gasteiger partial charge in [0.05, 0.1) is 12.7 Å². The first-order valence-corrected chi connectivity index (χ1v) is 5.73. The summed E-state index contributed by atoms with van der Waals surface area (Å²) in [4.78, 5) is 11.0. The van der Waals surface area contributed by atoms with Crippen LogP contribution < -0.4 is 4.74 Å². The van der Waals surface area contributed by atoms with Crippen LogP contribution in [0.5, 0.6) is 11.5 Å². The summed E-state index contributed by atoms with van der Waals surface area (Å²) >= 11 is 0. The molecule has 4 nitrogen and oxygen atoms in total. The van der Waals surface area contributed by atoms with Crippen LogP contribution in [-0.4, -0.2) is 23.3 Å². The van der Waals surface area contributed by atoms with Gasteiger partial charge in [-0.15, -0.1) is 0 Å². The number of carbonyl (C=O) groups is 1. The molecule has 0 bridgehead atoms. The molecule has 0 unspecified atom stereocenters. The van der Waals surface area contributed by atoms with Gasteiger partial charge >= 0.3 is 5.97 Å². The van der Waals surface area contributed by atoms with Crippen molar-refractivity contribution < 1.29 is 19.7 Å². The van der Waals surface area contributed by atoms with E-state index in [2.05, 4.69) is 0 Å². The second-order valence-corrected chi connectivity index (χ2v) is 4.28. The summed E-state index contributed by atoms with van der Waals surface area (Å²) in [5.74, 6) is -0.533. The Morgan fingerprint density at radius 1 is 1.16 bits per heavy atom. The number of rotatable bonds is 3. The molecule has 0 aliphatic rings. The Morgan fingerprint density at radius 2 is 1.89 bits per heavy atom. The minimum absolute atomic E-state index is 0.0403. The third kappa shape index (κ3) is 2.68. The van der Waals surface area contributed by atoms with Crippen molar-refractivity contribution in [2.24, 2.45) is 0 Å². The molecule has 98 valence electrons. The zero-order chi connectivity index (χ0) is 14.0. The fourth-order valence-electron chi connectivity index (χ4n) is 1.94. The number of ether oxygens (including phenoxy) is 1. The van der Waals surface area contributed by atoms with Crippen molar-refractivity contribution in [3.8, 4) is 22.6 Å². The average molecular weight is 258 g/mol. The van der Waals surface area contributed by atoms with Crippen molar-refractivity contribution in [3.05, 3.63) is 47.5 Å². The summed E-state index contributed by atoms with van der Waals surface area (Å²) in [6.45, 7) is 1.93. The van der Waals surface area contributed by atoms with Gasteiger partial charge in [0.1, 0.15) is 11.5 Å². The lowest BCUT2D eigenvalue weighted by Gasteiger charge is -2.11. The molecule has 0 heterocycles. The Balaban J connectivity index is 2.64. The zero-order valence-electron chi connectivity index (χ0n) is 10.7. The number of aromatic carboxylic acids is 1. The Labute approximate surface area is 110 Å². The maximum Gasteiger partial charge on any atom is 0.335 e. The van der Waals surface area contributed by atoms with E-state index in [-0.39, 0.29) is 11.3 Å². The van der Waals surface area contributed by atoms with E-state index >= 15 is 0 Å². The lowest BCUT2D eigenvalue weighted by atomic mass is 10.00. The van der Waals surface area contributed by atoms with Gasteiger partial charge in [-0.25, -0.2) is 4.79 Å². The number of benzene rings is 2. The van der Waals surface area contributed by atoms with Crippen LogP contribution in [0.2, 0.25) is 0 Å². The molecular weight excluding hydrogens is 244 g/mol. The van der Waals surface area contributed by atoms with Gasteiger partial charge in [-0.3, -0.25) is 0 Å². The molecule has 0 spiro atoms. The summed E-state index contributed by atoms with van der Waals surface area (Å²) in [5.41, 5.74) is 2.42. The van der Waals surface area contributed by atoms with E-state index in [4.69, 9.17) is 9.84 Å². The number of carboxylic acids is 1. The Hall–Kier alpha value is -2.49. The molecule has 0 fully saturated rings. The van der Waals surface area contributed by atoms with Gasteiger partial charge in [0.15, 0.2) is 0 Å². The Bertz CT molecular complexity index is 632. The van der Waals surface area contributed by atoms with Crippen LogP contribution in [0.4, 0.5) is 0 Å². The van der Waals surface area contributed by atoms with E-state index in [0.717, 1.165) is 11.1 Å². The highest BCUT2D eigenvalue weighted by Crippen LogP contribution is 2.33. The molecular formula is C15H14O4. The second kappa shape index (κ2) is 5.02. The van der Waals surface area contributed by atoms with Crippen LogP contribution in [0.1, 0.15) is 15.9 Å². The normalized spacial score (nSPS) is 10.2. The lowest BCUT2D eigenvalue weighted by molar-refractivity contribution is 0.0696. The third-order valence-corrected chi connectivity index (χ3v) is 2.83. The minimum atomic E-state index is -1.08. The van der Waals surface area contributed by atoms with Gasteiger partial charge in [0.25, 0.3) is 0 Å². The van der Waals surface area contributed by atoms with Crippen LogP contribution in [0.3, 0.4) is 0 Å². The minimum Gasteiger partial charge on any atom is -0.508 e. The van der Waals surface area contributed by atoms with Gasteiger partial charge in [-0.05, 0) is 42.8 Å². The van der Waals surface area contributed by atoms with Gasteiger partial charge in [-0.1, -0.05) is 11.6 Å². The SMILES string of the molecule is COc1ccc(C)cc1-c1cc(O)cc(C(=O)O)c1. The quantitative estimate of drug-likeness (QED) is 0.887. The molecule has 2 N–H and O–H groups in total. The standard InChI is InChI=1S/C15H14O4/c1-9-3-4-14(19-2)13(5-9)10-6-11(15(17)18)8-12(16)7-10/h3-8,16H,1-2H3,(H,17,18). The summed E-state index contributed by atoms with van der Waals surface area (Å²) in [6, 6.07) is 9.86. The number of phenolic OH excluding ortho intramolecular Hbond substituents is 1. The molecule has 0 aliphatic heterocycles. The lowest BCUT2D eigenvalue weighted by Crippen LogP contribution is -1.97. The van der Waals surface area contributed by atoms with Crippen molar-refractivity contribution in [1.82, 2.24) is 0 Å². The van der Waals surface area contributed by atoms with Crippen molar-refractivity contribution in [2.45, 2.75) is 6.92 Å². The fraction of sp³-hybridized carbons (Fsp3) is 0.133. The highest BCUT2D eigenvalue weighted by molar-refractivity contribution is 5.90. The molecule has 0 saturated carbocycles. The Kier molecular flexibility index (Phi) is 3.42. The molecule has 2 aromatic rings. The summed E-state index contributed by atoms with van der Waals surface area (Å²) in [7, 11) is 1.55. The average Bonchev–Trinajstić information content (AvgIpc) is 2.37. The summed E-state index contributed by atoms with van der Waals surface area (Å²) in [5, 5.41) is 18.7. The topological polar surface area (TPSA) is 66.8 Å². The van der Waals surface area contributed by atoms with E-state index in [1.165, 1.54) is 18.2 Å². The zero-order valence-corrected chi connectivity index (χ0v) is 10.7. The van der Waals surface area contributed by atoms with Crippen LogP contribution >= 0.6 is 0 Å². The first-order valence-electron chi connectivity index (χ1n) is 5.73. The van der Waals surface area contributed by atoms with E-state index in [0.29, 0.717) is 11.3 Å². The monoisotopic (exact) mass is 258 g/mol. The van der Waals surface area contributed by atoms with E-state index in [9.17, 15) is 9.90 Å². The van der Waals surface area contributed by atoms with Crippen molar-refractivity contribution in [1.29, 1.82) is 0 Å². The molecule has 19 heavy (non-hydrogen) atoms. The fourth-order valence-corrected chi connectivity index (χ4v) is 1.94. The molecule has 0 amide bonds. The maximum atomic E-state index is 11.0. The number of aryl methyl sites for hydroxylation is 1. The first kappa shape index (κ1) is 13.0. The number of phenols is 1. The highest BCUT2D eigenvalue weighted by Gasteiger charge is 2.11. The number of hydrogen-bond acceptors (Lipinski definition) is 3. The van der Waals surface area contributed by atoms with Gasteiger partial charge in [0.2, 0.25) is 0 Å². The summed E-state index contributed by atoms with van der Waals surface area (Å²) < 4.78 is 5.27. The van der Waals surface area contributed by atoms with Crippen LogP contribution in [-0.2, 0) is 0 Å². The van der Waals surface area contributed by atoms with Gasteiger partial charge < -0.3 is 14.9 Å². The van der Waals surface area contributed by atoms with Crippen molar-refractivity contribution >= 4 is 5.97 Å². The molecule has 0 aromatic heterocycles. The predicted octanol–water partition coefficient (Wildman–Crippen LogP) is 3.07. The van der Waals surface area contributed by atoms with Crippen LogP contribution in [0.25, 0.3) is 11.1 Å². The molecule has 0 aliphatic carbocycles. The smallest absolute Gasteiger partial charge is 0.335 e. The molecule has 2 aromatic carbocycles.